The monoisotopic (exact) mass is 298 g/mol. The number of nitrogens with one attached hydrogen (secondary N) is 1. The van der Waals surface area contributed by atoms with Crippen LogP contribution in [-0.2, 0) is 9.59 Å². The van der Waals surface area contributed by atoms with E-state index in [1.165, 1.54) is 0 Å². The zero-order chi connectivity index (χ0) is 15.9. The van der Waals surface area contributed by atoms with Crippen molar-refractivity contribution in [2.75, 3.05) is 18.4 Å². The molecule has 1 aromatic rings. The lowest BCUT2D eigenvalue weighted by Gasteiger charge is -2.29. The Bertz CT molecular complexity index is 611. The maximum absolute atomic E-state index is 12.1. The fourth-order valence-corrected chi connectivity index (χ4v) is 2.35. The van der Waals surface area contributed by atoms with Gasteiger partial charge in [-0.3, -0.25) is 9.59 Å². The third-order valence-electron chi connectivity index (χ3n) is 3.64. The standard InChI is InChI=1S/C16H18N4O2/c17-10-13(16(22)19-14-4-2-1-3-5-14)11-20-8-6-12(7-9-20)15(18)21/h1-5,11-12H,6-9H2,(H2,18,21)(H,19,22)/b13-11-. The second-order valence-electron chi connectivity index (χ2n) is 5.19. The summed E-state index contributed by atoms with van der Waals surface area (Å²) in [5.74, 6) is -0.843. The Morgan fingerprint density at radius 2 is 1.91 bits per heavy atom. The summed E-state index contributed by atoms with van der Waals surface area (Å²) in [6.45, 7) is 1.22. The fourth-order valence-electron chi connectivity index (χ4n) is 2.35. The maximum Gasteiger partial charge on any atom is 0.267 e. The SMILES string of the molecule is N#C/C(=C/N1CCC(C(N)=O)CC1)C(=O)Nc1ccccc1. The van der Waals surface area contributed by atoms with Gasteiger partial charge in [0, 0.05) is 30.9 Å². The smallest absolute Gasteiger partial charge is 0.267 e. The summed E-state index contributed by atoms with van der Waals surface area (Å²) in [5.41, 5.74) is 5.97. The predicted octanol–water partition coefficient (Wildman–Crippen LogP) is 1.23. The number of anilines is 1. The third kappa shape index (κ3) is 4.09. The molecule has 0 aromatic heterocycles. The van der Waals surface area contributed by atoms with Gasteiger partial charge in [0.25, 0.3) is 5.91 Å². The van der Waals surface area contributed by atoms with E-state index in [-0.39, 0.29) is 17.4 Å². The number of piperidine rings is 1. The molecule has 1 aliphatic heterocycles. The Morgan fingerprint density at radius 1 is 1.27 bits per heavy atom. The van der Waals surface area contributed by atoms with Crippen LogP contribution < -0.4 is 11.1 Å². The van der Waals surface area contributed by atoms with E-state index in [9.17, 15) is 9.59 Å². The van der Waals surface area contributed by atoms with Crippen molar-refractivity contribution in [2.45, 2.75) is 12.8 Å². The summed E-state index contributed by atoms with van der Waals surface area (Å²) in [5, 5.41) is 11.8. The zero-order valence-corrected chi connectivity index (χ0v) is 12.2. The molecule has 3 N–H and O–H groups in total. The van der Waals surface area contributed by atoms with Crippen LogP contribution in [-0.4, -0.2) is 29.8 Å². The van der Waals surface area contributed by atoms with Gasteiger partial charge in [-0.25, -0.2) is 0 Å². The minimum absolute atomic E-state index is 0.0429. The van der Waals surface area contributed by atoms with E-state index < -0.39 is 5.91 Å². The number of benzene rings is 1. The first-order chi connectivity index (χ1) is 10.6. The molecule has 0 spiro atoms. The number of nitrogens with two attached hydrogens (primary N) is 1. The summed E-state index contributed by atoms with van der Waals surface area (Å²) in [6, 6.07) is 10.9. The van der Waals surface area contributed by atoms with Crippen molar-refractivity contribution in [3.05, 3.63) is 42.1 Å². The molecule has 0 aliphatic carbocycles. The number of rotatable bonds is 4. The van der Waals surface area contributed by atoms with Crippen LogP contribution >= 0.6 is 0 Å². The Balaban J connectivity index is 1.98. The van der Waals surface area contributed by atoms with Crippen LogP contribution in [0.3, 0.4) is 0 Å². The van der Waals surface area contributed by atoms with Crippen molar-refractivity contribution < 1.29 is 9.59 Å². The molecule has 114 valence electrons. The second kappa shape index (κ2) is 7.27. The Kier molecular flexibility index (Phi) is 5.15. The fraction of sp³-hybridized carbons (Fsp3) is 0.312. The van der Waals surface area contributed by atoms with Crippen LogP contribution in [0.4, 0.5) is 5.69 Å². The maximum atomic E-state index is 12.1. The van der Waals surface area contributed by atoms with Crippen LogP contribution in [0.25, 0.3) is 0 Å². The molecular weight excluding hydrogens is 280 g/mol. The highest BCUT2D eigenvalue weighted by Gasteiger charge is 2.22. The lowest BCUT2D eigenvalue weighted by atomic mass is 9.96. The average molecular weight is 298 g/mol. The molecule has 1 saturated heterocycles. The van der Waals surface area contributed by atoms with Crippen molar-refractivity contribution in [1.82, 2.24) is 4.90 Å². The number of carbonyl (C=O) groups excluding carboxylic acids is 2. The van der Waals surface area contributed by atoms with Crippen molar-refractivity contribution in [3.8, 4) is 6.07 Å². The molecule has 1 aliphatic rings. The van der Waals surface area contributed by atoms with Gasteiger partial charge in [0.05, 0.1) is 0 Å². The Morgan fingerprint density at radius 3 is 2.45 bits per heavy atom. The van der Waals surface area contributed by atoms with Crippen molar-refractivity contribution in [1.29, 1.82) is 5.26 Å². The van der Waals surface area contributed by atoms with E-state index in [1.807, 2.05) is 17.0 Å². The number of hydrogen-bond donors (Lipinski definition) is 2. The third-order valence-corrected chi connectivity index (χ3v) is 3.64. The van der Waals surface area contributed by atoms with Crippen LogP contribution in [0.1, 0.15) is 12.8 Å². The molecule has 1 fully saturated rings. The first-order valence-electron chi connectivity index (χ1n) is 7.12. The van der Waals surface area contributed by atoms with Crippen LogP contribution in [0, 0.1) is 17.2 Å². The summed E-state index contributed by atoms with van der Waals surface area (Å²) in [4.78, 5) is 25.1. The van der Waals surface area contributed by atoms with Crippen molar-refractivity contribution in [2.24, 2.45) is 11.7 Å². The van der Waals surface area contributed by atoms with Gasteiger partial charge in [0.1, 0.15) is 11.6 Å². The summed E-state index contributed by atoms with van der Waals surface area (Å²) >= 11 is 0. The first kappa shape index (κ1) is 15.6. The Labute approximate surface area is 129 Å². The number of amides is 2. The van der Waals surface area contributed by atoms with Crippen LogP contribution in [0.2, 0.25) is 0 Å². The van der Waals surface area contributed by atoms with Gasteiger partial charge in [-0.1, -0.05) is 18.2 Å². The molecule has 6 heteroatoms. The van der Waals surface area contributed by atoms with Crippen LogP contribution in [0.5, 0.6) is 0 Å². The molecule has 2 rings (SSSR count). The minimum Gasteiger partial charge on any atom is -0.376 e. The lowest BCUT2D eigenvalue weighted by molar-refractivity contribution is -0.123. The highest BCUT2D eigenvalue weighted by Crippen LogP contribution is 2.18. The van der Waals surface area contributed by atoms with E-state index in [0.717, 1.165) is 0 Å². The van der Waals surface area contributed by atoms with Gasteiger partial charge in [0.2, 0.25) is 5.91 Å². The molecule has 6 nitrogen and oxygen atoms in total. The summed E-state index contributed by atoms with van der Waals surface area (Å²) in [6.07, 6.45) is 2.84. The summed E-state index contributed by atoms with van der Waals surface area (Å²) in [7, 11) is 0. The lowest BCUT2D eigenvalue weighted by Crippen LogP contribution is -2.36. The molecule has 0 saturated carbocycles. The quantitative estimate of drug-likeness (QED) is 0.645. The highest BCUT2D eigenvalue weighted by molar-refractivity contribution is 6.06. The zero-order valence-electron chi connectivity index (χ0n) is 12.2. The predicted molar refractivity (Wildman–Crippen MR) is 82.3 cm³/mol. The van der Waals surface area contributed by atoms with Crippen molar-refractivity contribution >= 4 is 17.5 Å². The molecule has 0 radical (unpaired) electrons. The molecule has 22 heavy (non-hydrogen) atoms. The molecule has 1 aromatic carbocycles. The topological polar surface area (TPSA) is 99.2 Å². The van der Waals surface area contributed by atoms with E-state index in [4.69, 9.17) is 11.0 Å². The number of carbonyl (C=O) groups is 2. The molecule has 0 atom stereocenters. The average Bonchev–Trinajstić information content (AvgIpc) is 2.53. The molecular formula is C16H18N4O2. The van der Waals surface area contributed by atoms with Gasteiger partial charge < -0.3 is 16.0 Å². The second-order valence-corrected chi connectivity index (χ2v) is 5.19. The van der Waals surface area contributed by atoms with Gasteiger partial charge >= 0.3 is 0 Å². The number of nitrogens with zero attached hydrogens (tertiary/aromatic N) is 2. The molecule has 1 heterocycles. The molecule has 0 bridgehead atoms. The number of primary amides is 1. The first-order valence-corrected chi connectivity index (χ1v) is 7.12. The highest BCUT2D eigenvalue weighted by atomic mass is 16.2. The van der Waals surface area contributed by atoms with E-state index >= 15 is 0 Å². The van der Waals surface area contributed by atoms with E-state index in [2.05, 4.69) is 5.32 Å². The summed E-state index contributed by atoms with van der Waals surface area (Å²) < 4.78 is 0. The molecule has 2 amide bonds. The number of likely N-dealkylation sites (tertiary alicyclic amines) is 1. The Hall–Kier alpha value is -2.81. The van der Waals surface area contributed by atoms with Gasteiger partial charge in [0.15, 0.2) is 0 Å². The minimum atomic E-state index is -0.439. The number of para-hydroxylation sites is 1. The number of nitriles is 1. The number of hydrogen-bond acceptors (Lipinski definition) is 4. The van der Waals surface area contributed by atoms with Gasteiger partial charge in [-0.15, -0.1) is 0 Å². The van der Waals surface area contributed by atoms with Gasteiger partial charge in [-0.05, 0) is 25.0 Å². The molecule has 0 unspecified atom stereocenters. The van der Waals surface area contributed by atoms with Crippen LogP contribution in [0.15, 0.2) is 42.1 Å². The largest absolute Gasteiger partial charge is 0.376 e. The normalized spacial score (nSPS) is 16.0. The van der Waals surface area contributed by atoms with E-state index in [1.54, 1.807) is 30.5 Å². The van der Waals surface area contributed by atoms with Crippen molar-refractivity contribution in [3.63, 3.8) is 0 Å². The van der Waals surface area contributed by atoms with E-state index in [0.29, 0.717) is 31.6 Å². The van der Waals surface area contributed by atoms with Gasteiger partial charge in [-0.2, -0.15) is 5.26 Å².